The number of carboxylic acid groups (broad SMARTS) is 1. The van der Waals surface area contributed by atoms with Gasteiger partial charge in [0.15, 0.2) is 0 Å². The zero-order valence-electron chi connectivity index (χ0n) is 13.8. The van der Waals surface area contributed by atoms with E-state index in [9.17, 15) is 9.90 Å². The van der Waals surface area contributed by atoms with Gasteiger partial charge in [-0.2, -0.15) is 0 Å². The summed E-state index contributed by atoms with van der Waals surface area (Å²) in [4.78, 5) is 14.0. The zero-order chi connectivity index (χ0) is 15.3. The Hall–Kier alpha value is -0.610. The molecule has 1 fully saturated rings. The Morgan fingerprint density at radius 3 is 2.40 bits per heavy atom. The minimum Gasteiger partial charge on any atom is -0.480 e. The highest BCUT2D eigenvalue weighted by Crippen LogP contribution is 2.27. The zero-order valence-corrected chi connectivity index (χ0v) is 13.8. The lowest BCUT2D eigenvalue weighted by molar-refractivity contribution is -0.145. The van der Waals surface area contributed by atoms with Crippen molar-refractivity contribution in [1.82, 2.24) is 10.2 Å². The van der Waals surface area contributed by atoms with Crippen molar-refractivity contribution < 1.29 is 9.90 Å². The van der Waals surface area contributed by atoms with Gasteiger partial charge in [0.25, 0.3) is 0 Å². The Labute approximate surface area is 123 Å². The maximum absolute atomic E-state index is 11.7. The summed E-state index contributed by atoms with van der Waals surface area (Å²) in [5, 5.41) is 12.9. The fourth-order valence-electron chi connectivity index (χ4n) is 2.63. The van der Waals surface area contributed by atoms with Crippen LogP contribution in [0.25, 0.3) is 0 Å². The number of carbonyl (C=O) groups is 1. The molecule has 1 saturated carbocycles. The number of aliphatic carboxylic acids is 1. The molecule has 1 aliphatic carbocycles. The van der Waals surface area contributed by atoms with Crippen molar-refractivity contribution >= 4 is 5.97 Å². The minimum absolute atomic E-state index is 0.429. The molecule has 0 bridgehead atoms. The monoisotopic (exact) mass is 284 g/mol. The fourth-order valence-corrected chi connectivity index (χ4v) is 2.63. The molecule has 0 aromatic heterocycles. The van der Waals surface area contributed by atoms with Crippen LogP contribution in [-0.2, 0) is 4.79 Å². The van der Waals surface area contributed by atoms with Gasteiger partial charge >= 0.3 is 5.97 Å². The molecule has 0 aromatic carbocycles. The highest BCUT2D eigenvalue weighted by atomic mass is 16.4. The molecule has 1 aliphatic rings. The number of hydrogen-bond acceptors (Lipinski definition) is 3. The van der Waals surface area contributed by atoms with Crippen LogP contribution in [0.15, 0.2) is 0 Å². The van der Waals surface area contributed by atoms with E-state index >= 15 is 0 Å². The Bertz CT molecular complexity index is 316. The van der Waals surface area contributed by atoms with E-state index in [1.54, 1.807) is 0 Å². The van der Waals surface area contributed by atoms with Crippen LogP contribution in [0.5, 0.6) is 0 Å². The molecule has 1 rings (SSSR count). The lowest BCUT2D eigenvalue weighted by atomic mass is 9.90. The van der Waals surface area contributed by atoms with Crippen molar-refractivity contribution in [3.63, 3.8) is 0 Å². The first kappa shape index (κ1) is 17.4. The van der Waals surface area contributed by atoms with E-state index in [0.29, 0.717) is 30.8 Å². The molecule has 0 spiro atoms. The number of nitrogens with one attached hydrogen (secondary N) is 1. The molecule has 2 atom stereocenters. The summed E-state index contributed by atoms with van der Waals surface area (Å²) in [6, 6.07) is 0.964. The van der Waals surface area contributed by atoms with Gasteiger partial charge in [-0.3, -0.25) is 10.1 Å². The summed E-state index contributed by atoms with van der Waals surface area (Å²) in [6.45, 7) is 9.62. The van der Waals surface area contributed by atoms with E-state index < -0.39 is 11.5 Å². The Morgan fingerprint density at radius 1 is 1.40 bits per heavy atom. The molecule has 0 amide bonds. The van der Waals surface area contributed by atoms with Gasteiger partial charge in [-0.05, 0) is 58.5 Å². The van der Waals surface area contributed by atoms with Crippen molar-refractivity contribution in [3.05, 3.63) is 0 Å². The normalized spacial score (nSPS) is 20.1. The van der Waals surface area contributed by atoms with Crippen LogP contribution >= 0.6 is 0 Å². The van der Waals surface area contributed by atoms with E-state index in [2.05, 4.69) is 38.0 Å². The smallest absolute Gasteiger partial charge is 0.323 e. The number of rotatable bonds is 10. The molecule has 0 saturated heterocycles. The van der Waals surface area contributed by atoms with Crippen molar-refractivity contribution in [2.24, 2.45) is 5.92 Å². The van der Waals surface area contributed by atoms with Crippen LogP contribution < -0.4 is 5.32 Å². The van der Waals surface area contributed by atoms with Crippen molar-refractivity contribution in [1.29, 1.82) is 0 Å². The highest BCUT2D eigenvalue weighted by Gasteiger charge is 2.40. The van der Waals surface area contributed by atoms with Crippen LogP contribution in [0.4, 0.5) is 0 Å². The Morgan fingerprint density at radius 2 is 2.00 bits per heavy atom. The first-order valence-electron chi connectivity index (χ1n) is 8.03. The van der Waals surface area contributed by atoms with E-state index in [0.717, 1.165) is 25.8 Å². The van der Waals surface area contributed by atoms with Gasteiger partial charge in [0.2, 0.25) is 0 Å². The molecule has 20 heavy (non-hydrogen) atoms. The van der Waals surface area contributed by atoms with E-state index in [4.69, 9.17) is 0 Å². The average molecular weight is 284 g/mol. The number of hydrogen-bond donors (Lipinski definition) is 2. The van der Waals surface area contributed by atoms with Gasteiger partial charge < -0.3 is 10.0 Å². The van der Waals surface area contributed by atoms with E-state index in [1.807, 2.05) is 6.92 Å². The lowest BCUT2D eigenvalue weighted by Gasteiger charge is -2.32. The topological polar surface area (TPSA) is 52.6 Å². The summed E-state index contributed by atoms with van der Waals surface area (Å²) < 4.78 is 0. The third kappa shape index (κ3) is 4.74. The molecule has 2 N–H and O–H groups in total. The second-order valence-electron chi connectivity index (χ2n) is 6.73. The molecular weight excluding hydrogens is 252 g/mol. The van der Waals surface area contributed by atoms with Crippen LogP contribution in [0.3, 0.4) is 0 Å². The summed E-state index contributed by atoms with van der Waals surface area (Å²) in [5.41, 5.74) is -0.719. The maximum Gasteiger partial charge on any atom is 0.323 e. The lowest BCUT2D eigenvalue weighted by Crippen LogP contribution is -2.53. The van der Waals surface area contributed by atoms with Gasteiger partial charge in [0.05, 0.1) is 0 Å². The van der Waals surface area contributed by atoms with Gasteiger partial charge in [-0.25, -0.2) is 0 Å². The molecular formula is C16H32N2O2. The standard InChI is InChI=1S/C16H32N2O2/c1-6-16(15(19)20,17-14-8-9-14)10-7-11-18(5)13(4)12(2)3/h12-14,17H,6-11H2,1-5H3,(H,19,20). The van der Waals surface area contributed by atoms with E-state index in [-0.39, 0.29) is 0 Å². The van der Waals surface area contributed by atoms with Gasteiger partial charge in [-0.1, -0.05) is 20.8 Å². The molecule has 118 valence electrons. The Kier molecular flexibility index (Phi) is 6.46. The second kappa shape index (κ2) is 7.41. The quantitative estimate of drug-likeness (QED) is 0.647. The second-order valence-corrected chi connectivity index (χ2v) is 6.73. The Balaban J connectivity index is 2.47. The highest BCUT2D eigenvalue weighted by molar-refractivity contribution is 5.78. The van der Waals surface area contributed by atoms with Gasteiger partial charge in [0.1, 0.15) is 5.54 Å². The first-order valence-corrected chi connectivity index (χ1v) is 8.03. The first-order chi connectivity index (χ1) is 9.32. The third-order valence-electron chi connectivity index (χ3n) is 4.85. The number of nitrogens with zero attached hydrogens (tertiary/aromatic N) is 1. The SMILES string of the molecule is CCC(CCCN(C)C(C)C(C)C)(NC1CC1)C(=O)O. The molecule has 2 unspecified atom stereocenters. The molecule has 4 heteroatoms. The van der Waals surface area contributed by atoms with Gasteiger partial charge in [0, 0.05) is 12.1 Å². The molecule has 0 aliphatic heterocycles. The molecule has 0 heterocycles. The van der Waals surface area contributed by atoms with Crippen molar-refractivity contribution in [2.45, 2.75) is 77.4 Å². The fraction of sp³-hybridized carbons (Fsp3) is 0.938. The molecule has 0 radical (unpaired) electrons. The third-order valence-corrected chi connectivity index (χ3v) is 4.85. The van der Waals surface area contributed by atoms with Crippen LogP contribution in [-0.4, -0.2) is 47.2 Å². The van der Waals surface area contributed by atoms with Crippen molar-refractivity contribution in [2.75, 3.05) is 13.6 Å². The summed E-state index contributed by atoms with van der Waals surface area (Å²) in [6.07, 6.45) is 4.54. The van der Waals surface area contributed by atoms with Crippen LogP contribution in [0.1, 0.15) is 59.8 Å². The van der Waals surface area contributed by atoms with Gasteiger partial charge in [-0.15, -0.1) is 0 Å². The summed E-state index contributed by atoms with van der Waals surface area (Å²) in [5.74, 6) is -0.0635. The average Bonchev–Trinajstić information content (AvgIpc) is 3.19. The molecule has 0 aromatic rings. The largest absolute Gasteiger partial charge is 0.480 e. The minimum atomic E-state index is -0.719. The molecule has 4 nitrogen and oxygen atoms in total. The predicted octanol–water partition coefficient (Wildman–Crippen LogP) is 2.73. The number of carboxylic acids is 1. The van der Waals surface area contributed by atoms with Crippen LogP contribution in [0, 0.1) is 5.92 Å². The van der Waals surface area contributed by atoms with Crippen LogP contribution in [0.2, 0.25) is 0 Å². The predicted molar refractivity (Wildman–Crippen MR) is 83.0 cm³/mol. The summed E-state index contributed by atoms with van der Waals surface area (Å²) in [7, 11) is 2.13. The van der Waals surface area contributed by atoms with E-state index in [1.165, 1.54) is 0 Å². The summed E-state index contributed by atoms with van der Waals surface area (Å²) >= 11 is 0. The van der Waals surface area contributed by atoms with Crippen molar-refractivity contribution in [3.8, 4) is 0 Å². The maximum atomic E-state index is 11.7.